The van der Waals surface area contributed by atoms with Gasteiger partial charge in [-0.1, -0.05) is 30.3 Å². The van der Waals surface area contributed by atoms with E-state index in [-0.39, 0.29) is 6.04 Å². The molecule has 2 N–H and O–H groups in total. The Balaban J connectivity index is 2.07. The first-order valence-electron chi connectivity index (χ1n) is 6.09. The highest BCUT2D eigenvalue weighted by atomic mass is 15.1. The zero-order valence-corrected chi connectivity index (χ0v) is 10.2. The molecular weight excluding hydrogens is 210 g/mol. The van der Waals surface area contributed by atoms with E-state index in [0.717, 1.165) is 25.2 Å². The van der Waals surface area contributed by atoms with E-state index in [1.54, 1.807) is 0 Å². The molecule has 3 heteroatoms. The van der Waals surface area contributed by atoms with Crippen LogP contribution in [-0.2, 0) is 6.54 Å². The zero-order valence-electron chi connectivity index (χ0n) is 10.2. The Morgan fingerprint density at radius 1 is 1.29 bits per heavy atom. The molecule has 17 heavy (non-hydrogen) atoms. The third kappa shape index (κ3) is 3.17. The van der Waals surface area contributed by atoms with Gasteiger partial charge in [0.05, 0.1) is 0 Å². The molecule has 0 aliphatic carbocycles. The van der Waals surface area contributed by atoms with Gasteiger partial charge in [-0.25, -0.2) is 4.98 Å². The van der Waals surface area contributed by atoms with Crippen LogP contribution in [0.2, 0.25) is 0 Å². The number of hydrogen-bond acceptors (Lipinski definition) is 2. The molecule has 0 saturated heterocycles. The van der Waals surface area contributed by atoms with Gasteiger partial charge in [0.25, 0.3) is 0 Å². The summed E-state index contributed by atoms with van der Waals surface area (Å²) in [6.07, 6.45) is 6.03. The second-order valence-corrected chi connectivity index (χ2v) is 4.43. The van der Waals surface area contributed by atoms with Gasteiger partial charge in [-0.05, 0) is 19.8 Å². The van der Waals surface area contributed by atoms with Gasteiger partial charge < -0.3 is 10.3 Å². The lowest BCUT2D eigenvalue weighted by atomic mass is 10.2. The molecule has 0 bridgehead atoms. The van der Waals surface area contributed by atoms with Crippen LogP contribution in [0.4, 0.5) is 0 Å². The van der Waals surface area contributed by atoms with E-state index in [9.17, 15) is 0 Å². The molecule has 1 heterocycles. The lowest BCUT2D eigenvalue weighted by molar-refractivity contribution is 0.561. The van der Waals surface area contributed by atoms with E-state index in [1.807, 2.05) is 37.5 Å². The largest absolute Gasteiger partial charge is 0.331 e. The molecule has 2 rings (SSSR count). The number of benzene rings is 1. The molecule has 1 aromatic carbocycles. The molecule has 0 aliphatic rings. The van der Waals surface area contributed by atoms with Crippen LogP contribution in [0.3, 0.4) is 0 Å². The molecule has 1 unspecified atom stereocenters. The first-order valence-corrected chi connectivity index (χ1v) is 6.09. The van der Waals surface area contributed by atoms with Crippen molar-refractivity contribution < 1.29 is 0 Å². The maximum atomic E-state index is 5.76. The van der Waals surface area contributed by atoms with Crippen molar-refractivity contribution in [1.29, 1.82) is 0 Å². The Hall–Kier alpha value is -1.61. The minimum absolute atomic E-state index is 0.277. The van der Waals surface area contributed by atoms with E-state index < -0.39 is 0 Å². The highest BCUT2D eigenvalue weighted by Gasteiger charge is 2.05. The van der Waals surface area contributed by atoms with Crippen molar-refractivity contribution >= 4 is 0 Å². The fraction of sp³-hybridized carbons (Fsp3) is 0.357. The molecule has 0 aliphatic heterocycles. The zero-order chi connectivity index (χ0) is 12.1. The molecule has 0 fully saturated rings. The Bertz CT molecular complexity index is 446. The van der Waals surface area contributed by atoms with Crippen molar-refractivity contribution in [3.8, 4) is 11.4 Å². The normalized spacial score (nSPS) is 12.6. The van der Waals surface area contributed by atoms with Crippen LogP contribution in [-0.4, -0.2) is 15.6 Å². The molecule has 1 atom stereocenters. The maximum Gasteiger partial charge on any atom is 0.139 e. The first-order chi connectivity index (χ1) is 8.27. The van der Waals surface area contributed by atoms with E-state index >= 15 is 0 Å². The number of nitrogens with two attached hydrogens (primary N) is 1. The van der Waals surface area contributed by atoms with Gasteiger partial charge in [0, 0.05) is 30.5 Å². The molecular formula is C14H19N3. The standard InChI is InChI=1S/C14H19N3/c1-12(15)6-5-10-17-11-9-16-14(17)13-7-3-2-4-8-13/h2-4,7-9,11-12H,5-6,10,15H2,1H3. The van der Waals surface area contributed by atoms with Gasteiger partial charge in [-0.2, -0.15) is 0 Å². The second-order valence-electron chi connectivity index (χ2n) is 4.43. The third-order valence-electron chi connectivity index (χ3n) is 2.81. The summed E-state index contributed by atoms with van der Waals surface area (Å²) in [5.41, 5.74) is 6.92. The molecule has 0 saturated carbocycles. The summed E-state index contributed by atoms with van der Waals surface area (Å²) < 4.78 is 2.19. The number of aryl methyl sites for hydroxylation is 1. The first kappa shape index (κ1) is 11.9. The van der Waals surface area contributed by atoms with Gasteiger partial charge >= 0.3 is 0 Å². The molecule has 3 nitrogen and oxygen atoms in total. The van der Waals surface area contributed by atoms with Gasteiger partial charge in [0.15, 0.2) is 0 Å². The Morgan fingerprint density at radius 2 is 2.06 bits per heavy atom. The fourth-order valence-electron chi connectivity index (χ4n) is 1.92. The Morgan fingerprint density at radius 3 is 2.76 bits per heavy atom. The molecule has 0 radical (unpaired) electrons. The number of hydrogen-bond donors (Lipinski definition) is 1. The van der Waals surface area contributed by atoms with Gasteiger partial charge in [-0.3, -0.25) is 0 Å². The molecule has 0 amide bonds. The van der Waals surface area contributed by atoms with Crippen molar-refractivity contribution in [3.05, 3.63) is 42.7 Å². The fourth-order valence-corrected chi connectivity index (χ4v) is 1.92. The second kappa shape index (κ2) is 5.64. The lowest BCUT2D eigenvalue weighted by Crippen LogP contribution is -2.15. The Kier molecular flexibility index (Phi) is 3.94. The van der Waals surface area contributed by atoms with E-state index in [4.69, 9.17) is 5.73 Å². The van der Waals surface area contributed by atoms with Gasteiger partial charge in [0.1, 0.15) is 5.82 Å². The van der Waals surface area contributed by atoms with E-state index in [0.29, 0.717) is 0 Å². The van der Waals surface area contributed by atoms with Crippen molar-refractivity contribution in [1.82, 2.24) is 9.55 Å². The topological polar surface area (TPSA) is 43.8 Å². The van der Waals surface area contributed by atoms with Crippen molar-refractivity contribution in [2.24, 2.45) is 5.73 Å². The minimum Gasteiger partial charge on any atom is -0.331 e. The molecule has 2 aromatic rings. The number of aromatic nitrogens is 2. The minimum atomic E-state index is 0.277. The Labute approximate surface area is 102 Å². The van der Waals surface area contributed by atoms with Crippen LogP contribution < -0.4 is 5.73 Å². The number of imidazole rings is 1. The predicted octanol–water partition coefficient (Wildman–Crippen LogP) is 2.68. The monoisotopic (exact) mass is 229 g/mol. The maximum absolute atomic E-state index is 5.76. The van der Waals surface area contributed by atoms with E-state index in [1.165, 1.54) is 5.56 Å². The summed E-state index contributed by atoms with van der Waals surface area (Å²) in [5.74, 6) is 1.04. The van der Waals surface area contributed by atoms with Crippen LogP contribution >= 0.6 is 0 Å². The van der Waals surface area contributed by atoms with Crippen LogP contribution in [0.1, 0.15) is 19.8 Å². The highest BCUT2D eigenvalue weighted by molar-refractivity contribution is 5.54. The molecule has 90 valence electrons. The van der Waals surface area contributed by atoms with E-state index in [2.05, 4.69) is 21.7 Å². The SMILES string of the molecule is CC(N)CCCn1ccnc1-c1ccccc1. The predicted molar refractivity (Wildman–Crippen MR) is 70.5 cm³/mol. The summed E-state index contributed by atoms with van der Waals surface area (Å²) in [6, 6.07) is 10.5. The third-order valence-corrected chi connectivity index (χ3v) is 2.81. The van der Waals surface area contributed by atoms with Gasteiger partial charge in [-0.15, -0.1) is 0 Å². The van der Waals surface area contributed by atoms with Crippen LogP contribution in [0, 0.1) is 0 Å². The summed E-state index contributed by atoms with van der Waals surface area (Å²) in [6.45, 7) is 3.03. The quantitative estimate of drug-likeness (QED) is 0.856. The summed E-state index contributed by atoms with van der Waals surface area (Å²) >= 11 is 0. The lowest BCUT2D eigenvalue weighted by Gasteiger charge is -2.09. The smallest absolute Gasteiger partial charge is 0.139 e. The summed E-state index contributed by atoms with van der Waals surface area (Å²) in [7, 11) is 0. The number of nitrogens with zero attached hydrogens (tertiary/aromatic N) is 2. The average Bonchev–Trinajstić information content (AvgIpc) is 2.78. The van der Waals surface area contributed by atoms with Crippen LogP contribution in [0.15, 0.2) is 42.7 Å². The molecule has 0 spiro atoms. The van der Waals surface area contributed by atoms with Crippen molar-refractivity contribution in [2.45, 2.75) is 32.4 Å². The van der Waals surface area contributed by atoms with Crippen molar-refractivity contribution in [2.75, 3.05) is 0 Å². The van der Waals surface area contributed by atoms with Crippen LogP contribution in [0.25, 0.3) is 11.4 Å². The average molecular weight is 229 g/mol. The highest BCUT2D eigenvalue weighted by Crippen LogP contribution is 2.17. The molecule has 1 aromatic heterocycles. The van der Waals surface area contributed by atoms with Gasteiger partial charge in [0.2, 0.25) is 0 Å². The summed E-state index contributed by atoms with van der Waals surface area (Å²) in [4.78, 5) is 4.42. The summed E-state index contributed by atoms with van der Waals surface area (Å²) in [5, 5.41) is 0. The number of rotatable bonds is 5. The van der Waals surface area contributed by atoms with Crippen molar-refractivity contribution in [3.63, 3.8) is 0 Å². The van der Waals surface area contributed by atoms with Crippen LogP contribution in [0.5, 0.6) is 0 Å².